The highest BCUT2D eigenvalue weighted by molar-refractivity contribution is 14.0. The topological polar surface area (TPSA) is 76.5 Å². The zero-order chi connectivity index (χ0) is 21.5. The third-order valence-corrected chi connectivity index (χ3v) is 7.14. The molecule has 0 aromatic carbocycles. The molecule has 9 nitrogen and oxygen atoms in total. The average Bonchev–Trinajstić information content (AvgIpc) is 3.50. The Kier molecular flexibility index (Phi) is 10.3. The van der Waals surface area contributed by atoms with Crippen molar-refractivity contribution in [3.63, 3.8) is 0 Å². The summed E-state index contributed by atoms with van der Waals surface area (Å²) < 4.78 is 5.34. The van der Waals surface area contributed by atoms with Gasteiger partial charge in [0.05, 0.1) is 25.5 Å². The molecule has 1 aromatic heterocycles. The number of piperazine rings is 1. The number of nitrogens with zero attached hydrogens (tertiary/aromatic N) is 6. The summed E-state index contributed by atoms with van der Waals surface area (Å²) in [5.74, 6) is 1.16. The van der Waals surface area contributed by atoms with Crippen LogP contribution in [-0.4, -0.2) is 117 Å². The number of rotatable bonds is 6. The lowest BCUT2D eigenvalue weighted by atomic mass is 10.3. The molecule has 3 aliphatic heterocycles. The molecule has 1 aromatic rings. The van der Waals surface area contributed by atoms with Crippen LogP contribution in [0.3, 0.4) is 0 Å². The van der Waals surface area contributed by atoms with Crippen LogP contribution in [0.5, 0.6) is 0 Å². The number of aromatic nitrogens is 1. The predicted octanol–water partition coefficient (Wildman–Crippen LogP) is 0.956. The maximum atomic E-state index is 12.5. The Morgan fingerprint density at radius 3 is 2.50 bits per heavy atom. The minimum absolute atomic E-state index is 0. The quantitative estimate of drug-likeness (QED) is 0.307. The monoisotopic (exact) mass is 577 g/mol. The molecule has 0 bridgehead atoms. The SMILES string of the molecule is CN=C(NCCc1csc(N2CCCC2)n1)N1CCN(CC(=O)N2CCOCC2)CC1.I. The van der Waals surface area contributed by atoms with Crippen molar-refractivity contribution in [1.82, 2.24) is 25.0 Å². The number of halogens is 1. The number of anilines is 1. The molecule has 1 amide bonds. The molecule has 3 aliphatic rings. The summed E-state index contributed by atoms with van der Waals surface area (Å²) in [5.41, 5.74) is 1.15. The fraction of sp³-hybridized carbons (Fsp3) is 0.762. The van der Waals surface area contributed by atoms with Gasteiger partial charge in [0.15, 0.2) is 11.1 Å². The van der Waals surface area contributed by atoms with Gasteiger partial charge in [0.1, 0.15) is 0 Å². The van der Waals surface area contributed by atoms with Gasteiger partial charge in [-0.25, -0.2) is 4.98 Å². The summed E-state index contributed by atoms with van der Waals surface area (Å²) in [7, 11) is 1.84. The number of hydrogen-bond acceptors (Lipinski definition) is 7. The number of morpholine rings is 1. The van der Waals surface area contributed by atoms with Crippen molar-refractivity contribution in [3.8, 4) is 0 Å². The van der Waals surface area contributed by atoms with E-state index in [1.807, 2.05) is 11.9 Å². The Morgan fingerprint density at radius 2 is 1.81 bits per heavy atom. The van der Waals surface area contributed by atoms with Gasteiger partial charge in [0.25, 0.3) is 0 Å². The number of thiazole rings is 1. The molecule has 3 saturated heterocycles. The van der Waals surface area contributed by atoms with Crippen molar-refractivity contribution in [2.75, 3.05) is 90.6 Å². The number of nitrogens with one attached hydrogen (secondary N) is 1. The third kappa shape index (κ3) is 6.91. The van der Waals surface area contributed by atoms with Crippen molar-refractivity contribution in [2.24, 2.45) is 4.99 Å². The predicted molar refractivity (Wildman–Crippen MR) is 139 cm³/mol. The number of carbonyl (C=O) groups excluding carboxylic acids is 1. The molecule has 0 saturated carbocycles. The number of carbonyl (C=O) groups is 1. The van der Waals surface area contributed by atoms with Crippen LogP contribution < -0.4 is 10.2 Å². The zero-order valence-electron chi connectivity index (χ0n) is 19.0. The highest BCUT2D eigenvalue weighted by Gasteiger charge is 2.24. The van der Waals surface area contributed by atoms with Gasteiger partial charge < -0.3 is 24.8 Å². The summed E-state index contributed by atoms with van der Waals surface area (Å²) in [6.07, 6.45) is 3.46. The Bertz CT molecular complexity index is 742. The van der Waals surface area contributed by atoms with E-state index >= 15 is 0 Å². The summed E-state index contributed by atoms with van der Waals surface area (Å²) in [6, 6.07) is 0. The van der Waals surface area contributed by atoms with Crippen molar-refractivity contribution in [2.45, 2.75) is 19.3 Å². The van der Waals surface area contributed by atoms with Crippen LogP contribution in [-0.2, 0) is 16.0 Å². The summed E-state index contributed by atoms with van der Waals surface area (Å²) in [5, 5.41) is 6.84. The van der Waals surface area contributed by atoms with E-state index in [1.165, 1.54) is 18.0 Å². The van der Waals surface area contributed by atoms with Gasteiger partial charge in [0.2, 0.25) is 5.91 Å². The van der Waals surface area contributed by atoms with E-state index in [0.29, 0.717) is 32.8 Å². The second-order valence-electron chi connectivity index (χ2n) is 8.30. The molecule has 0 unspecified atom stereocenters. The summed E-state index contributed by atoms with van der Waals surface area (Å²) in [4.78, 5) is 30.6. The molecule has 3 fully saturated rings. The molecule has 0 atom stereocenters. The Labute approximate surface area is 212 Å². The van der Waals surface area contributed by atoms with E-state index in [1.54, 1.807) is 11.3 Å². The van der Waals surface area contributed by atoms with Gasteiger partial charge in [0, 0.05) is 77.8 Å². The lowest BCUT2D eigenvalue weighted by Gasteiger charge is -2.37. The molecule has 11 heteroatoms. The second kappa shape index (κ2) is 12.9. The lowest BCUT2D eigenvalue weighted by molar-refractivity contribution is -0.136. The molecular weight excluding hydrogens is 541 g/mol. The zero-order valence-corrected chi connectivity index (χ0v) is 22.1. The Hall–Kier alpha value is -1.18. The van der Waals surface area contributed by atoms with E-state index in [2.05, 4.69) is 30.4 Å². The minimum Gasteiger partial charge on any atom is -0.378 e. The van der Waals surface area contributed by atoms with E-state index in [-0.39, 0.29) is 29.9 Å². The van der Waals surface area contributed by atoms with Crippen LogP contribution in [0.15, 0.2) is 10.4 Å². The normalized spacial score (nSPS) is 20.4. The highest BCUT2D eigenvalue weighted by atomic mass is 127. The molecule has 180 valence electrons. The van der Waals surface area contributed by atoms with Crippen molar-refractivity contribution >= 4 is 52.3 Å². The van der Waals surface area contributed by atoms with Crippen LogP contribution in [0.1, 0.15) is 18.5 Å². The van der Waals surface area contributed by atoms with Gasteiger partial charge in [-0.15, -0.1) is 35.3 Å². The molecule has 0 spiro atoms. The van der Waals surface area contributed by atoms with Crippen LogP contribution >= 0.6 is 35.3 Å². The minimum atomic E-state index is 0. The third-order valence-electron chi connectivity index (χ3n) is 6.19. The number of guanidine groups is 1. The molecule has 1 N–H and O–H groups in total. The Morgan fingerprint density at radius 1 is 1.09 bits per heavy atom. The first-order valence-electron chi connectivity index (χ1n) is 11.5. The molecule has 0 radical (unpaired) electrons. The number of hydrogen-bond donors (Lipinski definition) is 1. The Balaban J connectivity index is 0.00000289. The first-order valence-corrected chi connectivity index (χ1v) is 12.3. The average molecular weight is 578 g/mol. The smallest absolute Gasteiger partial charge is 0.236 e. The van der Waals surface area contributed by atoms with E-state index < -0.39 is 0 Å². The lowest BCUT2D eigenvalue weighted by Crippen LogP contribution is -2.55. The molecule has 4 heterocycles. The number of ether oxygens (including phenoxy) is 1. The van der Waals surface area contributed by atoms with Crippen LogP contribution in [0.4, 0.5) is 5.13 Å². The maximum Gasteiger partial charge on any atom is 0.236 e. The number of amides is 1. The van der Waals surface area contributed by atoms with Crippen molar-refractivity contribution in [1.29, 1.82) is 0 Å². The van der Waals surface area contributed by atoms with Gasteiger partial charge in [-0.05, 0) is 12.8 Å². The largest absolute Gasteiger partial charge is 0.378 e. The van der Waals surface area contributed by atoms with Crippen molar-refractivity contribution in [3.05, 3.63) is 11.1 Å². The van der Waals surface area contributed by atoms with Gasteiger partial charge in [-0.1, -0.05) is 0 Å². The van der Waals surface area contributed by atoms with Gasteiger partial charge in [-0.2, -0.15) is 0 Å². The van der Waals surface area contributed by atoms with Crippen LogP contribution in [0, 0.1) is 0 Å². The van der Waals surface area contributed by atoms with E-state index in [4.69, 9.17) is 9.72 Å². The number of aliphatic imine (C=N–C) groups is 1. The molecule has 32 heavy (non-hydrogen) atoms. The second-order valence-corrected chi connectivity index (χ2v) is 9.13. The van der Waals surface area contributed by atoms with Crippen LogP contribution in [0.25, 0.3) is 0 Å². The molecular formula is C21H36IN7O2S. The standard InChI is InChI=1S/C21H35N7O2S.HI/c1-22-20(23-5-4-18-17-31-21(24-18)28-6-2-3-7-28)27-10-8-25(9-11-27)16-19(29)26-12-14-30-15-13-26;/h17H,2-16H2,1H3,(H,22,23);1H. The fourth-order valence-electron chi connectivity index (χ4n) is 4.32. The molecule has 0 aliphatic carbocycles. The highest BCUT2D eigenvalue weighted by Crippen LogP contribution is 2.24. The van der Waals surface area contributed by atoms with E-state index in [0.717, 1.165) is 63.9 Å². The fourth-order valence-corrected chi connectivity index (χ4v) is 5.23. The van der Waals surface area contributed by atoms with Crippen LogP contribution in [0.2, 0.25) is 0 Å². The first-order chi connectivity index (χ1) is 15.2. The summed E-state index contributed by atoms with van der Waals surface area (Å²) in [6.45, 7) is 9.87. The van der Waals surface area contributed by atoms with E-state index in [9.17, 15) is 4.79 Å². The van der Waals surface area contributed by atoms with Gasteiger partial charge >= 0.3 is 0 Å². The molecule has 4 rings (SSSR count). The van der Waals surface area contributed by atoms with Crippen molar-refractivity contribution < 1.29 is 9.53 Å². The van der Waals surface area contributed by atoms with Gasteiger partial charge in [-0.3, -0.25) is 14.7 Å². The maximum absolute atomic E-state index is 12.5. The first kappa shape index (κ1) is 25.4. The summed E-state index contributed by atoms with van der Waals surface area (Å²) >= 11 is 1.76.